The van der Waals surface area contributed by atoms with E-state index in [-0.39, 0.29) is 17.5 Å². The van der Waals surface area contributed by atoms with E-state index >= 15 is 0 Å². The fraction of sp³-hybridized carbons (Fsp3) is 0.0625. The second-order valence-corrected chi connectivity index (χ2v) is 4.37. The lowest BCUT2D eigenvalue weighted by atomic mass is 10.2. The van der Waals surface area contributed by atoms with E-state index < -0.39 is 0 Å². The summed E-state index contributed by atoms with van der Waals surface area (Å²) < 4.78 is 12.7. The molecule has 0 atom stereocenters. The highest BCUT2D eigenvalue weighted by molar-refractivity contribution is 6.02. The minimum Gasteiger partial charge on any atom is -0.508 e. The average molecular weight is 271 g/mol. The molecule has 2 aromatic rings. The van der Waals surface area contributed by atoms with Crippen molar-refractivity contribution in [3.63, 3.8) is 0 Å². The van der Waals surface area contributed by atoms with Gasteiger partial charge in [-0.25, -0.2) is 4.39 Å². The fourth-order valence-corrected chi connectivity index (χ4v) is 1.71. The Balaban J connectivity index is 2.03. The van der Waals surface area contributed by atoms with Crippen LogP contribution in [0.2, 0.25) is 0 Å². The van der Waals surface area contributed by atoms with Crippen LogP contribution in [0.4, 0.5) is 10.1 Å². The Bertz CT molecular complexity index is 648. The van der Waals surface area contributed by atoms with Crippen LogP contribution in [0.25, 0.3) is 6.08 Å². The number of aromatic hydroxyl groups is 1. The minimum atomic E-state index is -0.314. The van der Waals surface area contributed by atoms with Gasteiger partial charge in [-0.2, -0.15) is 0 Å². The van der Waals surface area contributed by atoms with Gasteiger partial charge in [0.2, 0.25) is 5.91 Å². The summed E-state index contributed by atoms with van der Waals surface area (Å²) in [5.41, 5.74) is 2.15. The van der Waals surface area contributed by atoms with Gasteiger partial charge in [0.15, 0.2) is 0 Å². The monoisotopic (exact) mass is 271 g/mol. The van der Waals surface area contributed by atoms with Crippen molar-refractivity contribution in [1.82, 2.24) is 0 Å². The van der Waals surface area contributed by atoms with Crippen molar-refractivity contribution >= 4 is 17.7 Å². The Morgan fingerprint density at radius 1 is 1.20 bits per heavy atom. The molecular formula is C16H14FNO2. The number of anilines is 1. The van der Waals surface area contributed by atoms with E-state index in [9.17, 15) is 14.3 Å². The summed E-state index contributed by atoms with van der Waals surface area (Å²) >= 11 is 0. The van der Waals surface area contributed by atoms with Crippen molar-refractivity contribution in [3.8, 4) is 5.75 Å². The Kier molecular flexibility index (Phi) is 4.15. The summed E-state index contributed by atoms with van der Waals surface area (Å²) in [4.78, 5) is 11.8. The number of aryl methyl sites for hydroxylation is 1. The van der Waals surface area contributed by atoms with Gasteiger partial charge in [-0.1, -0.05) is 12.1 Å². The maximum Gasteiger partial charge on any atom is 0.248 e. The van der Waals surface area contributed by atoms with Crippen LogP contribution < -0.4 is 5.32 Å². The molecule has 2 rings (SSSR count). The highest BCUT2D eigenvalue weighted by Gasteiger charge is 2.02. The van der Waals surface area contributed by atoms with E-state index in [2.05, 4.69) is 5.32 Å². The molecule has 0 aliphatic rings. The third-order valence-electron chi connectivity index (χ3n) is 2.77. The molecule has 0 aliphatic carbocycles. The lowest BCUT2D eigenvalue weighted by molar-refractivity contribution is -0.111. The summed E-state index contributed by atoms with van der Waals surface area (Å²) in [5.74, 6) is -0.447. The smallest absolute Gasteiger partial charge is 0.248 e. The number of amides is 1. The molecule has 2 aromatic carbocycles. The summed E-state index contributed by atoms with van der Waals surface area (Å²) in [6, 6.07) is 10.6. The van der Waals surface area contributed by atoms with E-state index in [1.807, 2.05) is 0 Å². The van der Waals surface area contributed by atoms with Crippen LogP contribution in [0.15, 0.2) is 48.5 Å². The van der Waals surface area contributed by atoms with Crippen LogP contribution in [0, 0.1) is 12.7 Å². The predicted octanol–water partition coefficient (Wildman–Crippen LogP) is 3.49. The Hall–Kier alpha value is -2.62. The zero-order chi connectivity index (χ0) is 14.5. The molecule has 0 heterocycles. The minimum absolute atomic E-state index is 0.155. The number of hydrogen-bond acceptors (Lipinski definition) is 2. The van der Waals surface area contributed by atoms with Gasteiger partial charge >= 0.3 is 0 Å². The van der Waals surface area contributed by atoms with E-state index in [0.29, 0.717) is 5.69 Å². The van der Waals surface area contributed by atoms with Crippen LogP contribution in [-0.4, -0.2) is 11.0 Å². The molecule has 0 fully saturated rings. The van der Waals surface area contributed by atoms with Crippen molar-refractivity contribution in [3.05, 3.63) is 65.5 Å². The molecule has 0 aromatic heterocycles. The molecule has 0 spiro atoms. The van der Waals surface area contributed by atoms with Gasteiger partial charge in [0.25, 0.3) is 0 Å². The Labute approximate surface area is 116 Å². The number of phenolic OH excluding ortho intramolecular Hbond substituents is 1. The van der Waals surface area contributed by atoms with E-state index in [1.54, 1.807) is 37.3 Å². The third kappa shape index (κ3) is 3.68. The molecule has 0 radical (unpaired) electrons. The normalized spacial score (nSPS) is 10.7. The third-order valence-corrected chi connectivity index (χ3v) is 2.77. The predicted molar refractivity (Wildman–Crippen MR) is 76.9 cm³/mol. The Morgan fingerprint density at radius 3 is 2.55 bits per heavy atom. The highest BCUT2D eigenvalue weighted by Crippen LogP contribution is 2.20. The first kappa shape index (κ1) is 13.8. The number of nitrogens with one attached hydrogen (secondary N) is 1. The van der Waals surface area contributed by atoms with Gasteiger partial charge in [0.05, 0.1) is 0 Å². The lowest BCUT2D eigenvalue weighted by Crippen LogP contribution is -2.08. The molecular weight excluding hydrogens is 257 g/mol. The van der Waals surface area contributed by atoms with Crippen LogP contribution >= 0.6 is 0 Å². The summed E-state index contributed by atoms with van der Waals surface area (Å²) in [6.07, 6.45) is 2.98. The van der Waals surface area contributed by atoms with Gasteiger partial charge in [0.1, 0.15) is 11.6 Å². The molecule has 0 unspecified atom stereocenters. The van der Waals surface area contributed by atoms with Gasteiger partial charge in [-0.15, -0.1) is 0 Å². The first-order chi connectivity index (χ1) is 9.54. The van der Waals surface area contributed by atoms with Crippen LogP contribution in [0.1, 0.15) is 11.1 Å². The SMILES string of the molecule is Cc1cc(O)ccc1NC(=O)C=Cc1ccc(F)cc1. The maximum atomic E-state index is 12.7. The number of halogens is 1. The van der Waals surface area contributed by atoms with Crippen molar-refractivity contribution in [1.29, 1.82) is 0 Å². The molecule has 0 saturated carbocycles. The molecule has 102 valence electrons. The largest absolute Gasteiger partial charge is 0.508 e. The quantitative estimate of drug-likeness (QED) is 0.663. The van der Waals surface area contributed by atoms with Crippen molar-refractivity contribution in [2.75, 3.05) is 5.32 Å². The van der Waals surface area contributed by atoms with Gasteiger partial charge in [0, 0.05) is 11.8 Å². The number of phenols is 1. The molecule has 0 saturated heterocycles. The topological polar surface area (TPSA) is 49.3 Å². The number of rotatable bonds is 3. The van der Waals surface area contributed by atoms with E-state index in [4.69, 9.17) is 0 Å². The molecule has 3 nitrogen and oxygen atoms in total. The number of benzene rings is 2. The van der Waals surface area contributed by atoms with Gasteiger partial charge in [-0.05, 0) is 54.5 Å². The second-order valence-electron chi connectivity index (χ2n) is 4.37. The molecule has 0 bridgehead atoms. The summed E-state index contributed by atoms with van der Waals surface area (Å²) in [7, 11) is 0. The number of carbonyl (C=O) groups excluding carboxylic acids is 1. The lowest BCUT2D eigenvalue weighted by Gasteiger charge is -2.06. The zero-order valence-electron chi connectivity index (χ0n) is 10.9. The molecule has 4 heteroatoms. The van der Waals surface area contributed by atoms with Gasteiger partial charge < -0.3 is 10.4 Å². The van der Waals surface area contributed by atoms with Crippen molar-refractivity contribution < 1.29 is 14.3 Å². The van der Waals surface area contributed by atoms with E-state index in [1.165, 1.54) is 24.3 Å². The highest BCUT2D eigenvalue weighted by atomic mass is 19.1. The van der Waals surface area contributed by atoms with Gasteiger partial charge in [-0.3, -0.25) is 4.79 Å². The molecule has 0 aliphatic heterocycles. The van der Waals surface area contributed by atoms with E-state index in [0.717, 1.165) is 11.1 Å². The summed E-state index contributed by atoms with van der Waals surface area (Å²) in [5, 5.41) is 12.0. The van der Waals surface area contributed by atoms with Crippen LogP contribution in [0.3, 0.4) is 0 Å². The second kappa shape index (κ2) is 6.02. The molecule has 20 heavy (non-hydrogen) atoms. The standard InChI is InChI=1S/C16H14FNO2/c1-11-10-14(19)7-8-15(11)18-16(20)9-4-12-2-5-13(17)6-3-12/h2-10,19H,1H3,(H,18,20). The number of carbonyl (C=O) groups is 1. The molecule has 1 amide bonds. The van der Waals surface area contributed by atoms with Crippen molar-refractivity contribution in [2.24, 2.45) is 0 Å². The van der Waals surface area contributed by atoms with Crippen LogP contribution in [0.5, 0.6) is 5.75 Å². The first-order valence-corrected chi connectivity index (χ1v) is 6.09. The zero-order valence-corrected chi connectivity index (χ0v) is 10.9. The Morgan fingerprint density at radius 2 is 1.90 bits per heavy atom. The maximum absolute atomic E-state index is 12.7. The summed E-state index contributed by atoms with van der Waals surface area (Å²) in [6.45, 7) is 1.79. The average Bonchev–Trinajstić information content (AvgIpc) is 2.41. The molecule has 2 N–H and O–H groups in total. The van der Waals surface area contributed by atoms with Crippen molar-refractivity contribution in [2.45, 2.75) is 6.92 Å². The number of hydrogen-bond donors (Lipinski definition) is 2. The first-order valence-electron chi connectivity index (χ1n) is 6.09. The van der Waals surface area contributed by atoms with Crippen LogP contribution in [-0.2, 0) is 4.79 Å². The fourth-order valence-electron chi connectivity index (χ4n) is 1.71.